The molecule has 394 valence electrons. The fourth-order valence-electron chi connectivity index (χ4n) is 7.94. The van der Waals surface area contributed by atoms with Gasteiger partial charge in [-0.3, -0.25) is 28.8 Å². The van der Waals surface area contributed by atoms with Crippen LogP contribution in [0.15, 0.2) is 73.1 Å². The summed E-state index contributed by atoms with van der Waals surface area (Å²) in [5.41, 5.74) is 7.38. The zero-order chi connectivity index (χ0) is 53.8. The highest BCUT2D eigenvalue weighted by Crippen LogP contribution is 2.39. The molecule has 5 rings (SSSR count). The molecule has 0 aliphatic carbocycles. The van der Waals surface area contributed by atoms with Gasteiger partial charge in [0, 0.05) is 49.1 Å². The molecule has 18 nitrogen and oxygen atoms in total. The number of hydrogen-bond acceptors (Lipinski definition) is 12. The van der Waals surface area contributed by atoms with E-state index in [1.807, 2.05) is 12.1 Å². The Balaban J connectivity index is 0.00000153. The van der Waals surface area contributed by atoms with Crippen molar-refractivity contribution in [2.24, 2.45) is 0 Å². The number of ketones is 1. The summed E-state index contributed by atoms with van der Waals surface area (Å²) in [6.45, 7) is 5.54. The first-order chi connectivity index (χ1) is 34.6. The maximum atomic E-state index is 14.4. The van der Waals surface area contributed by atoms with Crippen LogP contribution in [-0.4, -0.2) is 111 Å². The van der Waals surface area contributed by atoms with Gasteiger partial charge in [-0.25, -0.2) is 9.97 Å². The van der Waals surface area contributed by atoms with Gasteiger partial charge >= 0.3 is 6.18 Å². The number of amides is 5. The van der Waals surface area contributed by atoms with Crippen molar-refractivity contribution in [2.75, 3.05) is 20.1 Å². The van der Waals surface area contributed by atoms with Crippen molar-refractivity contribution in [1.82, 2.24) is 36.1 Å². The van der Waals surface area contributed by atoms with Crippen LogP contribution in [0.2, 0.25) is 0 Å². The van der Waals surface area contributed by atoms with E-state index < -0.39 is 65.8 Å². The summed E-state index contributed by atoms with van der Waals surface area (Å²) in [4.78, 5) is 99.8. The number of carboxylic acids is 1. The Morgan fingerprint density at radius 2 is 1.48 bits per heavy atom. The number of aromatic nitrogens is 2. The van der Waals surface area contributed by atoms with Crippen LogP contribution in [0.25, 0.3) is 22.5 Å². The fourth-order valence-corrected chi connectivity index (χ4v) is 7.94. The molecule has 5 amide bonds. The molecular weight excluding hydrogens is 954 g/mol. The SMILES string of the molecule is CCCCCCCCc1ccc(-c2ncc(C(=O)NCCC(=O)N[C@@H](CCCC[NH3+])C(=O)N(C)[C@@H]3C(=O)N[C@@H](C)C(=O)N[C@H](C(C)=O)Cc4ccc(O)c(c4)-c4cc3ccc4O)cn2)cc1.O=C([O-])C(F)(F)F. The van der Waals surface area contributed by atoms with E-state index in [0.717, 1.165) is 18.4 Å². The zero-order valence-electron chi connectivity index (χ0n) is 41.5. The number of aryl methyl sites for hydroxylation is 1. The van der Waals surface area contributed by atoms with E-state index in [1.165, 1.54) is 100 Å². The number of aliphatic carboxylic acids is 1. The number of aromatic hydroxyl groups is 2. The predicted molar refractivity (Wildman–Crippen MR) is 261 cm³/mol. The van der Waals surface area contributed by atoms with Crippen LogP contribution in [0.1, 0.15) is 118 Å². The lowest BCUT2D eigenvalue weighted by Crippen LogP contribution is -2.54. The number of carbonyl (C=O) groups excluding carboxylic acids is 7. The van der Waals surface area contributed by atoms with Crippen molar-refractivity contribution in [1.29, 1.82) is 0 Å². The van der Waals surface area contributed by atoms with E-state index >= 15 is 0 Å². The number of quaternary nitrogens is 1. The van der Waals surface area contributed by atoms with Crippen molar-refractivity contribution < 1.29 is 67.8 Å². The number of hydrogen-bond donors (Lipinski definition) is 7. The van der Waals surface area contributed by atoms with Crippen molar-refractivity contribution in [3.8, 4) is 34.0 Å². The Morgan fingerprint density at radius 1 is 0.863 bits per heavy atom. The van der Waals surface area contributed by atoms with Crippen molar-refractivity contribution in [2.45, 2.75) is 128 Å². The predicted octanol–water partition coefficient (Wildman–Crippen LogP) is 3.77. The molecule has 73 heavy (non-hydrogen) atoms. The molecule has 1 aromatic heterocycles. The second-order valence-electron chi connectivity index (χ2n) is 17.9. The molecule has 0 fully saturated rings. The summed E-state index contributed by atoms with van der Waals surface area (Å²) in [5, 5.41) is 41.6. The highest BCUT2D eigenvalue weighted by atomic mass is 19.4. The molecule has 1 aliphatic rings. The fraction of sp³-hybridized carbons (Fsp3) is 0.442. The number of unbranched alkanes of at least 4 members (excludes halogenated alkanes) is 6. The number of nitrogens with zero attached hydrogens (tertiary/aromatic N) is 3. The van der Waals surface area contributed by atoms with Gasteiger partial charge in [-0.2, -0.15) is 13.2 Å². The summed E-state index contributed by atoms with van der Waals surface area (Å²) in [7, 11) is 1.40. The average molecular weight is 1020 g/mol. The van der Waals surface area contributed by atoms with Crippen LogP contribution in [0.5, 0.6) is 11.5 Å². The Morgan fingerprint density at radius 3 is 2.10 bits per heavy atom. The number of phenolic OH excluding ortho intramolecular Hbond substituents is 2. The number of carboxylic acid groups (broad SMARTS) is 1. The lowest BCUT2D eigenvalue weighted by Gasteiger charge is -2.32. The smallest absolute Gasteiger partial charge is 0.430 e. The molecule has 0 spiro atoms. The minimum Gasteiger partial charge on any atom is -0.542 e. The van der Waals surface area contributed by atoms with Gasteiger partial charge in [0.05, 0.1) is 18.2 Å². The minimum atomic E-state index is -5.19. The summed E-state index contributed by atoms with van der Waals surface area (Å²) < 4.78 is 31.5. The first-order valence-corrected chi connectivity index (χ1v) is 24.2. The number of alkyl halides is 3. The Kier molecular flexibility index (Phi) is 22.3. The third-order valence-electron chi connectivity index (χ3n) is 12.1. The summed E-state index contributed by atoms with van der Waals surface area (Å²) in [6.07, 6.45) is 7.45. The lowest BCUT2D eigenvalue weighted by molar-refractivity contribution is -0.368. The monoisotopic (exact) mass is 1020 g/mol. The van der Waals surface area contributed by atoms with Crippen LogP contribution in [0.3, 0.4) is 0 Å². The molecule has 0 saturated carbocycles. The molecule has 0 unspecified atom stereocenters. The van der Waals surface area contributed by atoms with Gasteiger partial charge in [0.25, 0.3) is 5.91 Å². The van der Waals surface area contributed by atoms with Crippen LogP contribution in [0.4, 0.5) is 13.2 Å². The zero-order valence-corrected chi connectivity index (χ0v) is 41.5. The number of nitrogens with one attached hydrogen (secondary N) is 4. The molecule has 4 bridgehead atoms. The van der Waals surface area contributed by atoms with Crippen molar-refractivity contribution in [3.63, 3.8) is 0 Å². The Bertz CT molecular complexity index is 2540. The molecule has 9 N–H and O–H groups in total. The van der Waals surface area contributed by atoms with E-state index in [4.69, 9.17) is 9.90 Å². The third kappa shape index (κ3) is 17.7. The van der Waals surface area contributed by atoms with Gasteiger partial charge in [0.2, 0.25) is 23.6 Å². The number of benzene rings is 3. The van der Waals surface area contributed by atoms with E-state index in [1.54, 1.807) is 12.1 Å². The van der Waals surface area contributed by atoms with Crippen LogP contribution < -0.4 is 32.1 Å². The first-order valence-electron chi connectivity index (χ1n) is 24.2. The average Bonchev–Trinajstić information content (AvgIpc) is 3.35. The molecule has 4 atom stereocenters. The van der Waals surface area contributed by atoms with Crippen molar-refractivity contribution in [3.05, 3.63) is 95.3 Å². The van der Waals surface area contributed by atoms with Crippen LogP contribution in [0, 0.1) is 0 Å². The van der Waals surface area contributed by atoms with Gasteiger partial charge in [-0.05, 0) is 93.3 Å². The van der Waals surface area contributed by atoms with Gasteiger partial charge in [-0.15, -0.1) is 0 Å². The van der Waals surface area contributed by atoms with E-state index in [2.05, 4.69) is 56.0 Å². The van der Waals surface area contributed by atoms with Crippen molar-refractivity contribution >= 4 is 41.3 Å². The lowest BCUT2D eigenvalue weighted by atomic mass is 9.93. The summed E-state index contributed by atoms with van der Waals surface area (Å²) in [6, 6.07) is 12.4. The number of rotatable bonds is 20. The normalized spacial score (nSPS) is 16.0. The van der Waals surface area contributed by atoms with Crippen LogP contribution >= 0.6 is 0 Å². The number of likely N-dealkylation sites (N-methyl/N-ethyl adjacent to an activating group) is 1. The van der Waals surface area contributed by atoms with Gasteiger partial charge in [0.1, 0.15) is 35.6 Å². The van der Waals surface area contributed by atoms with Gasteiger partial charge in [-0.1, -0.05) is 75.4 Å². The molecule has 3 aromatic carbocycles. The standard InChI is InChI=1S/C50H64N8O8.C2HF3O2/c1-5-6-7-8-9-10-13-33-15-18-35(19-16-33)46-53-29-37(30-54-46)48(64)52-25-23-44(62)56-40(14-11-12-24-51)50(66)58(4)45-36-20-22-43(61)39(28-36)38-26-34(17-21-42(38)60)27-41(32(3)59)57-47(63)31(2)55-49(45)65;3-2(4,5)1(6)7/h15-22,26,28-31,40-41,45,60-61H,5-14,23-25,27,51H2,1-4H3,(H,52,64)(H,55,65)(H,56,62)(H,57,63);(H,6,7)/t31-,40-,41-,45-;/m0./s1. The number of Topliss-reactive ketones (excluding diaryl/α,β-unsaturated/α-hetero) is 1. The summed E-state index contributed by atoms with van der Waals surface area (Å²) >= 11 is 0. The van der Waals surface area contributed by atoms with Gasteiger partial charge < -0.3 is 52.0 Å². The van der Waals surface area contributed by atoms with E-state index in [9.17, 15) is 52.2 Å². The largest absolute Gasteiger partial charge is 0.542 e. The van der Waals surface area contributed by atoms with Gasteiger partial charge in [0.15, 0.2) is 11.6 Å². The quantitative estimate of drug-likeness (QED) is 0.0623. The maximum Gasteiger partial charge on any atom is 0.430 e. The van der Waals surface area contributed by atoms with E-state index in [0.29, 0.717) is 30.8 Å². The molecule has 4 aromatic rings. The molecule has 2 heterocycles. The number of phenols is 2. The third-order valence-corrected chi connectivity index (χ3v) is 12.1. The number of fused-ring (bicyclic) bond motifs is 5. The highest BCUT2D eigenvalue weighted by Gasteiger charge is 2.36. The number of halogens is 3. The summed E-state index contributed by atoms with van der Waals surface area (Å²) in [5.74, 6) is -6.25. The van der Waals surface area contributed by atoms with E-state index in [-0.39, 0.29) is 65.3 Å². The van der Waals surface area contributed by atoms with Crippen LogP contribution in [-0.2, 0) is 41.6 Å². The molecule has 1 aliphatic heterocycles. The second-order valence-corrected chi connectivity index (χ2v) is 17.9. The Labute approximate surface area is 421 Å². The molecule has 0 saturated heterocycles. The molecule has 21 heteroatoms. The minimum absolute atomic E-state index is 0.0537. The molecular formula is C52H65F3N8O10. The second kappa shape index (κ2) is 28.0. The first kappa shape index (κ1) is 58.2. The topological polar surface area (TPSA) is 288 Å². The number of carbonyl (C=O) groups is 7. The Hall–Kier alpha value is -7.42. The highest BCUT2D eigenvalue weighted by molar-refractivity contribution is 5.97. The maximum absolute atomic E-state index is 14.4. The molecule has 0 radical (unpaired) electrons.